The number of carbonyl (C=O) groups excluding carboxylic acids is 2. The van der Waals surface area contributed by atoms with Crippen LogP contribution in [0.15, 0.2) is 0 Å². The molecule has 7 heteroatoms. The van der Waals surface area contributed by atoms with Crippen molar-refractivity contribution in [1.82, 2.24) is 4.90 Å². The first-order chi connectivity index (χ1) is 25.5. The Morgan fingerprint density at radius 3 is 1.42 bits per heavy atom. The van der Waals surface area contributed by atoms with E-state index < -0.39 is 6.16 Å². The molecule has 0 aliphatic rings. The molecule has 1 N–H and O–H groups in total. The molecule has 0 aromatic rings. The minimum Gasteiger partial charge on any atom is -0.462 e. The monoisotopic (exact) mass is 740 g/mol. The third-order valence-corrected chi connectivity index (χ3v) is 10.4. The highest BCUT2D eigenvalue weighted by molar-refractivity contribution is 5.69. The number of unbranched alkanes of at least 4 members (excludes halogenated alkanes) is 23. The van der Waals surface area contributed by atoms with Crippen LogP contribution in [0.25, 0.3) is 0 Å². The highest BCUT2D eigenvalue weighted by Gasteiger charge is 2.15. The van der Waals surface area contributed by atoms with Gasteiger partial charge in [-0.2, -0.15) is 0 Å². The van der Waals surface area contributed by atoms with Crippen LogP contribution in [0.5, 0.6) is 0 Å². The number of aliphatic hydroxyl groups excluding tert-OH is 1. The molecule has 0 fully saturated rings. The standard InChI is InChI=1S/C45H89NO6/c1-5-8-11-14-17-18-20-26-33-42(4)51-45(49)50-41-32-25-31-38-46(39-40-47)37-30-24-19-23-29-36-44(48)52-43(34-27-21-15-12-9-6-2)35-28-22-16-13-10-7-3/h42-43,47H,5-41H2,1-4H3. The molecule has 0 aliphatic carbocycles. The maximum absolute atomic E-state index is 12.7. The van der Waals surface area contributed by atoms with E-state index in [2.05, 4.69) is 25.7 Å². The van der Waals surface area contributed by atoms with Crippen molar-refractivity contribution in [2.24, 2.45) is 0 Å². The summed E-state index contributed by atoms with van der Waals surface area (Å²) in [6.45, 7) is 11.9. The molecule has 0 aromatic heterocycles. The van der Waals surface area contributed by atoms with Gasteiger partial charge in [-0.25, -0.2) is 4.79 Å². The zero-order valence-electron chi connectivity index (χ0n) is 35.3. The average Bonchev–Trinajstić information content (AvgIpc) is 3.13. The second-order valence-corrected chi connectivity index (χ2v) is 15.7. The van der Waals surface area contributed by atoms with E-state index >= 15 is 0 Å². The summed E-state index contributed by atoms with van der Waals surface area (Å²) in [5, 5.41) is 9.54. The van der Waals surface area contributed by atoms with Crippen LogP contribution in [-0.2, 0) is 19.0 Å². The topological polar surface area (TPSA) is 85.3 Å². The molecule has 0 aliphatic heterocycles. The summed E-state index contributed by atoms with van der Waals surface area (Å²) in [4.78, 5) is 27.1. The highest BCUT2D eigenvalue weighted by atomic mass is 16.7. The molecule has 0 radical (unpaired) electrons. The zero-order chi connectivity index (χ0) is 38.2. The molecule has 0 saturated carbocycles. The second-order valence-electron chi connectivity index (χ2n) is 15.7. The molecule has 7 nitrogen and oxygen atoms in total. The van der Waals surface area contributed by atoms with Gasteiger partial charge in [-0.3, -0.25) is 4.79 Å². The molecule has 52 heavy (non-hydrogen) atoms. The van der Waals surface area contributed by atoms with E-state index in [9.17, 15) is 14.7 Å². The lowest BCUT2D eigenvalue weighted by atomic mass is 10.0. The smallest absolute Gasteiger partial charge is 0.462 e. The van der Waals surface area contributed by atoms with Crippen molar-refractivity contribution in [2.45, 2.75) is 245 Å². The fourth-order valence-electron chi connectivity index (χ4n) is 7.02. The Hall–Kier alpha value is -1.34. The molecule has 0 rings (SSSR count). The van der Waals surface area contributed by atoms with Crippen LogP contribution in [0.4, 0.5) is 4.79 Å². The first kappa shape index (κ1) is 50.7. The van der Waals surface area contributed by atoms with E-state index in [0.29, 0.717) is 19.6 Å². The van der Waals surface area contributed by atoms with Gasteiger partial charge in [-0.1, -0.05) is 149 Å². The van der Waals surface area contributed by atoms with Gasteiger partial charge in [0.15, 0.2) is 0 Å². The molecule has 310 valence electrons. The summed E-state index contributed by atoms with van der Waals surface area (Å²) in [5.41, 5.74) is 0. The van der Waals surface area contributed by atoms with Gasteiger partial charge < -0.3 is 24.2 Å². The van der Waals surface area contributed by atoms with Crippen molar-refractivity contribution in [3.63, 3.8) is 0 Å². The third kappa shape index (κ3) is 37.0. The molecule has 1 unspecified atom stereocenters. The Kier molecular flexibility index (Phi) is 39.8. The number of nitrogens with zero attached hydrogens (tertiary/aromatic N) is 1. The Morgan fingerprint density at radius 1 is 0.500 bits per heavy atom. The van der Waals surface area contributed by atoms with Crippen molar-refractivity contribution >= 4 is 12.1 Å². The fourth-order valence-corrected chi connectivity index (χ4v) is 7.02. The second kappa shape index (κ2) is 40.8. The summed E-state index contributed by atoms with van der Waals surface area (Å²) in [6.07, 6.45) is 36.7. The van der Waals surface area contributed by atoms with Crippen LogP contribution >= 0.6 is 0 Å². The first-order valence-corrected chi connectivity index (χ1v) is 22.8. The van der Waals surface area contributed by atoms with Gasteiger partial charge in [0.1, 0.15) is 12.2 Å². The van der Waals surface area contributed by atoms with E-state index in [1.165, 1.54) is 122 Å². The van der Waals surface area contributed by atoms with Crippen molar-refractivity contribution in [3.8, 4) is 0 Å². The predicted octanol–water partition coefficient (Wildman–Crippen LogP) is 13.3. The fraction of sp³-hybridized carbons (Fsp3) is 0.956. The molecule has 0 amide bonds. The Balaban J connectivity index is 4.00. The molecule has 0 aromatic carbocycles. The molecule has 1 atom stereocenters. The van der Waals surface area contributed by atoms with Crippen LogP contribution in [0.3, 0.4) is 0 Å². The van der Waals surface area contributed by atoms with Crippen LogP contribution < -0.4 is 0 Å². The van der Waals surface area contributed by atoms with Crippen LogP contribution in [0, 0.1) is 0 Å². The van der Waals surface area contributed by atoms with Crippen molar-refractivity contribution in [2.75, 3.05) is 32.8 Å². The number of hydrogen-bond acceptors (Lipinski definition) is 7. The summed E-state index contributed by atoms with van der Waals surface area (Å²) < 4.78 is 16.7. The molecule has 0 bridgehead atoms. The van der Waals surface area contributed by atoms with Crippen molar-refractivity contribution in [1.29, 1.82) is 0 Å². The maximum atomic E-state index is 12.7. The summed E-state index contributed by atoms with van der Waals surface area (Å²) in [7, 11) is 0. The normalized spacial score (nSPS) is 12.1. The van der Waals surface area contributed by atoms with Crippen LogP contribution in [0.1, 0.15) is 233 Å². The lowest BCUT2D eigenvalue weighted by molar-refractivity contribution is -0.150. The lowest BCUT2D eigenvalue weighted by Crippen LogP contribution is -2.29. The van der Waals surface area contributed by atoms with Gasteiger partial charge in [0, 0.05) is 13.0 Å². The lowest BCUT2D eigenvalue weighted by Gasteiger charge is -2.21. The minimum absolute atomic E-state index is 0.00187. The third-order valence-electron chi connectivity index (χ3n) is 10.4. The average molecular weight is 740 g/mol. The van der Waals surface area contributed by atoms with E-state index in [4.69, 9.17) is 14.2 Å². The van der Waals surface area contributed by atoms with Gasteiger partial charge in [-0.15, -0.1) is 0 Å². The number of esters is 1. The quantitative estimate of drug-likeness (QED) is 0.0493. The maximum Gasteiger partial charge on any atom is 0.508 e. The Bertz CT molecular complexity index is 733. The van der Waals surface area contributed by atoms with E-state index in [1.807, 2.05) is 6.92 Å². The highest BCUT2D eigenvalue weighted by Crippen LogP contribution is 2.19. The SMILES string of the molecule is CCCCCCCCCCC(C)OC(=O)OCCCCCN(CCO)CCCCCCCC(=O)OC(CCCCCCCC)CCCCCCCC. The largest absolute Gasteiger partial charge is 0.508 e. The molecule has 0 saturated heterocycles. The Morgan fingerprint density at radius 2 is 0.923 bits per heavy atom. The number of ether oxygens (including phenoxy) is 3. The molecular weight excluding hydrogens is 650 g/mol. The number of carbonyl (C=O) groups is 2. The van der Waals surface area contributed by atoms with Crippen molar-refractivity contribution < 1.29 is 28.9 Å². The molecule has 0 heterocycles. The number of rotatable bonds is 41. The summed E-state index contributed by atoms with van der Waals surface area (Å²) >= 11 is 0. The van der Waals surface area contributed by atoms with Crippen molar-refractivity contribution in [3.05, 3.63) is 0 Å². The van der Waals surface area contributed by atoms with E-state index in [0.717, 1.165) is 90.1 Å². The molecular formula is C45H89NO6. The van der Waals surface area contributed by atoms with Gasteiger partial charge in [0.25, 0.3) is 0 Å². The number of hydrogen-bond donors (Lipinski definition) is 1. The predicted molar refractivity (Wildman–Crippen MR) is 220 cm³/mol. The zero-order valence-corrected chi connectivity index (χ0v) is 35.3. The summed E-state index contributed by atoms with van der Waals surface area (Å²) in [5.74, 6) is 0.00187. The molecule has 0 spiro atoms. The van der Waals surface area contributed by atoms with Gasteiger partial charge >= 0.3 is 12.1 Å². The number of aliphatic hydroxyl groups is 1. The van der Waals surface area contributed by atoms with E-state index in [-0.39, 0.29) is 24.8 Å². The summed E-state index contributed by atoms with van der Waals surface area (Å²) in [6, 6.07) is 0. The Labute approximate surface area is 323 Å². The van der Waals surface area contributed by atoms with Crippen LogP contribution in [0.2, 0.25) is 0 Å². The van der Waals surface area contributed by atoms with Gasteiger partial charge in [0.2, 0.25) is 0 Å². The van der Waals surface area contributed by atoms with Gasteiger partial charge in [0.05, 0.1) is 13.2 Å². The first-order valence-electron chi connectivity index (χ1n) is 22.8. The minimum atomic E-state index is -0.540. The van der Waals surface area contributed by atoms with Gasteiger partial charge in [-0.05, 0) is 90.6 Å². The van der Waals surface area contributed by atoms with E-state index in [1.54, 1.807) is 0 Å². The van der Waals surface area contributed by atoms with Crippen LogP contribution in [-0.4, -0.2) is 67.2 Å².